The van der Waals surface area contributed by atoms with Crippen molar-refractivity contribution in [2.75, 3.05) is 12.4 Å². The van der Waals surface area contributed by atoms with E-state index in [0.717, 1.165) is 10.0 Å². The van der Waals surface area contributed by atoms with Crippen molar-refractivity contribution < 1.29 is 14.7 Å². The summed E-state index contributed by atoms with van der Waals surface area (Å²) in [7, 11) is 1.42. The molecule has 1 amide bonds. The maximum atomic E-state index is 11.7. The molecule has 17 heavy (non-hydrogen) atoms. The van der Waals surface area contributed by atoms with Crippen molar-refractivity contribution in [2.45, 2.75) is 13.0 Å². The molecule has 0 saturated carbocycles. The topological polar surface area (TPSA) is 78.4 Å². The molecule has 92 valence electrons. The number of hydrogen-bond donors (Lipinski definition) is 3. The molecule has 0 aliphatic rings. The van der Waals surface area contributed by atoms with Crippen molar-refractivity contribution in [3.05, 3.63) is 28.2 Å². The Balaban J connectivity index is 2.84. The van der Waals surface area contributed by atoms with Gasteiger partial charge in [0.1, 0.15) is 0 Å². The highest BCUT2D eigenvalue weighted by Crippen LogP contribution is 2.20. The van der Waals surface area contributed by atoms with Gasteiger partial charge in [0, 0.05) is 10.2 Å². The van der Waals surface area contributed by atoms with E-state index in [1.54, 1.807) is 12.1 Å². The molecule has 1 aromatic carbocycles. The number of carboxylic acids is 1. The molecule has 1 atom stereocenters. The Morgan fingerprint density at radius 3 is 2.53 bits per heavy atom. The van der Waals surface area contributed by atoms with Crippen LogP contribution in [0.5, 0.6) is 0 Å². The zero-order chi connectivity index (χ0) is 13.0. The number of benzene rings is 1. The predicted molar refractivity (Wildman–Crippen MR) is 68.0 cm³/mol. The zero-order valence-corrected chi connectivity index (χ0v) is 11.0. The Kier molecular flexibility index (Phi) is 4.65. The first-order chi connectivity index (χ1) is 7.95. The molecule has 1 aromatic rings. The van der Waals surface area contributed by atoms with Crippen LogP contribution in [0.3, 0.4) is 0 Å². The summed E-state index contributed by atoms with van der Waals surface area (Å²) in [6.45, 7) is 1.83. The van der Waals surface area contributed by atoms with Gasteiger partial charge in [-0.2, -0.15) is 0 Å². The molecule has 3 N–H and O–H groups in total. The molecule has 0 aliphatic heterocycles. The second-order valence-corrected chi connectivity index (χ2v) is 4.42. The van der Waals surface area contributed by atoms with Crippen molar-refractivity contribution in [2.24, 2.45) is 0 Å². The third kappa shape index (κ3) is 3.54. The third-order valence-electron chi connectivity index (χ3n) is 2.24. The fourth-order valence-corrected chi connectivity index (χ4v) is 1.81. The van der Waals surface area contributed by atoms with E-state index < -0.39 is 17.9 Å². The van der Waals surface area contributed by atoms with Gasteiger partial charge in [-0.25, -0.2) is 4.79 Å². The van der Waals surface area contributed by atoms with E-state index in [9.17, 15) is 9.59 Å². The molecule has 6 heteroatoms. The van der Waals surface area contributed by atoms with E-state index in [0.29, 0.717) is 5.69 Å². The number of nitrogens with one attached hydrogen (secondary N) is 2. The first kappa shape index (κ1) is 13.7. The number of anilines is 1. The number of aryl methyl sites for hydroxylation is 1. The van der Waals surface area contributed by atoms with Crippen LogP contribution in [0.4, 0.5) is 5.69 Å². The fraction of sp³-hybridized carbons (Fsp3) is 0.273. The van der Waals surface area contributed by atoms with E-state index >= 15 is 0 Å². The Labute approximate surface area is 107 Å². The van der Waals surface area contributed by atoms with E-state index in [1.807, 2.05) is 13.0 Å². The van der Waals surface area contributed by atoms with Gasteiger partial charge in [-0.3, -0.25) is 10.1 Å². The van der Waals surface area contributed by atoms with E-state index in [4.69, 9.17) is 5.11 Å². The molecular weight excluding hydrogens is 288 g/mol. The highest BCUT2D eigenvalue weighted by molar-refractivity contribution is 9.10. The second kappa shape index (κ2) is 5.79. The summed E-state index contributed by atoms with van der Waals surface area (Å²) in [6.07, 6.45) is 0. The number of likely N-dealkylation sites (N-methyl/N-ethyl adjacent to an activating group) is 1. The molecule has 0 saturated heterocycles. The summed E-state index contributed by atoms with van der Waals surface area (Å²) in [5.74, 6) is -1.80. The number of aliphatic carboxylic acids is 1. The summed E-state index contributed by atoms with van der Waals surface area (Å²) >= 11 is 3.31. The maximum absolute atomic E-state index is 11.7. The van der Waals surface area contributed by atoms with Gasteiger partial charge in [-0.15, -0.1) is 0 Å². The molecule has 0 bridgehead atoms. The van der Waals surface area contributed by atoms with Gasteiger partial charge in [0.25, 0.3) is 5.91 Å². The maximum Gasteiger partial charge on any atom is 0.330 e. The van der Waals surface area contributed by atoms with Crippen LogP contribution in [-0.2, 0) is 9.59 Å². The molecule has 5 nitrogen and oxygen atoms in total. The first-order valence-corrected chi connectivity index (χ1v) is 5.72. The largest absolute Gasteiger partial charge is 0.480 e. The van der Waals surface area contributed by atoms with Gasteiger partial charge in [-0.05, 0) is 37.7 Å². The van der Waals surface area contributed by atoms with Crippen LogP contribution >= 0.6 is 15.9 Å². The highest BCUT2D eigenvalue weighted by atomic mass is 79.9. The average Bonchev–Trinajstić information content (AvgIpc) is 2.22. The van der Waals surface area contributed by atoms with Gasteiger partial charge in [-0.1, -0.05) is 15.9 Å². The summed E-state index contributed by atoms with van der Waals surface area (Å²) in [5, 5.41) is 13.8. The van der Waals surface area contributed by atoms with Gasteiger partial charge in [0.2, 0.25) is 0 Å². The predicted octanol–water partition coefficient (Wildman–Crippen LogP) is 1.37. The molecule has 0 aromatic heterocycles. The highest BCUT2D eigenvalue weighted by Gasteiger charge is 2.24. The number of rotatable bonds is 4. The number of carbonyl (C=O) groups is 2. The van der Waals surface area contributed by atoms with Crippen molar-refractivity contribution in [1.82, 2.24) is 5.32 Å². The second-order valence-electron chi connectivity index (χ2n) is 3.51. The quantitative estimate of drug-likeness (QED) is 0.734. The first-order valence-electron chi connectivity index (χ1n) is 4.92. The molecule has 1 unspecified atom stereocenters. The summed E-state index contributed by atoms with van der Waals surface area (Å²) in [5.41, 5.74) is 1.45. The smallest absolute Gasteiger partial charge is 0.330 e. The molecule has 0 fully saturated rings. The van der Waals surface area contributed by atoms with Gasteiger partial charge < -0.3 is 10.4 Å². The van der Waals surface area contributed by atoms with Crippen molar-refractivity contribution >= 4 is 33.5 Å². The van der Waals surface area contributed by atoms with Crippen LogP contribution < -0.4 is 10.6 Å². The molecular formula is C11H13BrN2O3. The van der Waals surface area contributed by atoms with E-state index in [-0.39, 0.29) is 0 Å². The lowest BCUT2D eigenvalue weighted by Crippen LogP contribution is -2.44. The Hall–Kier alpha value is -1.40. The minimum absolute atomic E-state index is 0.592. The third-order valence-corrected chi connectivity index (χ3v) is 2.74. The molecule has 0 heterocycles. The molecule has 0 radical (unpaired) electrons. The van der Waals surface area contributed by atoms with Crippen LogP contribution in [0.25, 0.3) is 0 Å². The molecule has 0 aliphatic carbocycles. The minimum atomic E-state index is -1.25. The Bertz CT molecular complexity index is 448. The van der Waals surface area contributed by atoms with Gasteiger partial charge >= 0.3 is 5.97 Å². The lowest BCUT2D eigenvalue weighted by Gasteiger charge is -2.13. The lowest BCUT2D eigenvalue weighted by molar-refractivity contribution is -0.142. The SMILES string of the molecule is CNC(C(=O)O)C(=O)Nc1ccc(Br)cc1C. The van der Waals surface area contributed by atoms with Crippen LogP contribution in [0, 0.1) is 6.92 Å². The normalized spacial score (nSPS) is 11.9. The van der Waals surface area contributed by atoms with Gasteiger partial charge in [0.15, 0.2) is 6.04 Å². The average molecular weight is 301 g/mol. The zero-order valence-electron chi connectivity index (χ0n) is 9.45. The van der Waals surface area contributed by atoms with E-state index in [1.165, 1.54) is 7.05 Å². The van der Waals surface area contributed by atoms with Crippen LogP contribution in [0.1, 0.15) is 5.56 Å². The van der Waals surface area contributed by atoms with E-state index in [2.05, 4.69) is 26.6 Å². The fourth-order valence-electron chi connectivity index (χ4n) is 1.34. The van der Waals surface area contributed by atoms with Crippen molar-refractivity contribution in [3.63, 3.8) is 0 Å². The van der Waals surface area contributed by atoms with Crippen LogP contribution in [-0.4, -0.2) is 30.1 Å². The van der Waals surface area contributed by atoms with Crippen LogP contribution in [0.15, 0.2) is 22.7 Å². The summed E-state index contributed by atoms with van der Waals surface area (Å²) in [6, 6.07) is 4.08. The number of amides is 1. The standard InChI is InChI=1S/C11H13BrN2O3/c1-6-5-7(12)3-4-8(6)14-10(15)9(13-2)11(16)17/h3-5,9,13H,1-2H3,(H,14,15)(H,16,17). The Morgan fingerprint density at radius 1 is 1.41 bits per heavy atom. The minimum Gasteiger partial charge on any atom is -0.480 e. The monoisotopic (exact) mass is 300 g/mol. The number of hydrogen-bond acceptors (Lipinski definition) is 3. The summed E-state index contributed by atoms with van der Waals surface area (Å²) in [4.78, 5) is 22.4. The number of carboxylic acid groups (broad SMARTS) is 1. The molecule has 1 rings (SSSR count). The van der Waals surface area contributed by atoms with Crippen molar-refractivity contribution in [1.29, 1.82) is 0 Å². The number of halogens is 1. The lowest BCUT2D eigenvalue weighted by atomic mass is 10.2. The van der Waals surface area contributed by atoms with Crippen LogP contribution in [0.2, 0.25) is 0 Å². The number of carbonyl (C=O) groups excluding carboxylic acids is 1. The van der Waals surface area contributed by atoms with Crippen molar-refractivity contribution in [3.8, 4) is 0 Å². The summed E-state index contributed by atoms with van der Waals surface area (Å²) < 4.78 is 0.899. The Morgan fingerprint density at radius 2 is 2.06 bits per heavy atom. The molecule has 0 spiro atoms. The van der Waals surface area contributed by atoms with Gasteiger partial charge in [0.05, 0.1) is 0 Å².